The van der Waals surface area contributed by atoms with Gasteiger partial charge in [0, 0.05) is 23.9 Å². The summed E-state index contributed by atoms with van der Waals surface area (Å²) in [7, 11) is 0. The number of nitro benzene ring substituents is 1. The summed E-state index contributed by atoms with van der Waals surface area (Å²) in [5, 5.41) is 31.4. The molecule has 0 saturated carbocycles. The smallest absolute Gasteiger partial charge is 0.433 e. The molecule has 1 heterocycles. The summed E-state index contributed by atoms with van der Waals surface area (Å²) in [5.74, 6) is -0.353. The summed E-state index contributed by atoms with van der Waals surface area (Å²) in [6.07, 6.45) is 2.60. The van der Waals surface area contributed by atoms with Gasteiger partial charge in [-0.25, -0.2) is 0 Å². The number of hydrogen-bond acceptors (Lipinski definition) is 8. The van der Waals surface area contributed by atoms with E-state index < -0.39 is 15.7 Å². The van der Waals surface area contributed by atoms with Crippen molar-refractivity contribution >= 4 is 35.4 Å². The van der Waals surface area contributed by atoms with Crippen LogP contribution >= 0.6 is 0 Å². The van der Waals surface area contributed by atoms with Gasteiger partial charge >= 0.3 is 5.88 Å². The number of non-ortho nitro benzene ring substituents is 1. The monoisotopic (exact) mass is 380 g/mol. The predicted molar refractivity (Wildman–Crippen MR) is 101 cm³/mol. The fraction of sp³-hybridized carbons (Fsp3) is 0. The third-order valence-electron chi connectivity index (χ3n) is 3.57. The van der Waals surface area contributed by atoms with Gasteiger partial charge < -0.3 is 9.52 Å². The summed E-state index contributed by atoms with van der Waals surface area (Å²) >= 11 is 0. The summed E-state index contributed by atoms with van der Waals surface area (Å²) in [6.45, 7) is 0. The van der Waals surface area contributed by atoms with Crippen LogP contribution in [0.4, 0.5) is 22.9 Å². The summed E-state index contributed by atoms with van der Waals surface area (Å²) in [4.78, 5) is 28.7. The van der Waals surface area contributed by atoms with Crippen LogP contribution in [0.1, 0.15) is 11.3 Å². The Bertz CT molecular complexity index is 1100. The lowest BCUT2D eigenvalue weighted by Gasteiger charge is -2.01. The second-order valence-corrected chi connectivity index (χ2v) is 5.44. The molecule has 0 fully saturated rings. The van der Waals surface area contributed by atoms with Crippen molar-refractivity contribution in [1.29, 1.82) is 0 Å². The second kappa shape index (κ2) is 7.91. The summed E-state index contributed by atoms with van der Waals surface area (Å²) in [5.41, 5.74) is 0.855. The maximum atomic E-state index is 10.9. The number of hydrogen-bond donors (Lipinski definition) is 1. The van der Waals surface area contributed by atoms with Crippen molar-refractivity contribution in [2.45, 2.75) is 0 Å². The molecule has 0 bridgehead atoms. The van der Waals surface area contributed by atoms with Crippen LogP contribution in [-0.4, -0.2) is 27.4 Å². The van der Waals surface area contributed by atoms with Gasteiger partial charge in [0.15, 0.2) is 5.76 Å². The molecule has 0 spiro atoms. The van der Waals surface area contributed by atoms with Crippen molar-refractivity contribution in [3.63, 3.8) is 0 Å². The molecule has 0 radical (unpaired) electrons. The third-order valence-corrected chi connectivity index (χ3v) is 3.57. The number of phenolic OH excluding ortho intramolecular Hbond substituents is 1. The van der Waals surface area contributed by atoms with Gasteiger partial charge in [-0.2, -0.15) is 0 Å². The van der Waals surface area contributed by atoms with E-state index in [-0.39, 0.29) is 22.8 Å². The van der Waals surface area contributed by atoms with Crippen LogP contribution in [0, 0.1) is 20.2 Å². The van der Waals surface area contributed by atoms with Gasteiger partial charge in [-0.15, -0.1) is 0 Å². The van der Waals surface area contributed by atoms with Crippen molar-refractivity contribution in [1.82, 2.24) is 0 Å². The molecule has 3 aromatic rings. The lowest BCUT2D eigenvalue weighted by atomic mass is 10.2. The molecule has 0 amide bonds. The van der Waals surface area contributed by atoms with Crippen molar-refractivity contribution in [2.75, 3.05) is 0 Å². The lowest BCUT2D eigenvalue weighted by molar-refractivity contribution is -0.402. The number of aromatic hydroxyl groups is 1. The topological polar surface area (TPSA) is 144 Å². The van der Waals surface area contributed by atoms with E-state index in [1.54, 1.807) is 24.3 Å². The fourth-order valence-electron chi connectivity index (χ4n) is 2.22. The van der Waals surface area contributed by atoms with Crippen LogP contribution < -0.4 is 0 Å². The number of para-hydroxylation sites is 2. The van der Waals surface area contributed by atoms with Gasteiger partial charge in [0.05, 0.1) is 28.6 Å². The van der Waals surface area contributed by atoms with Gasteiger partial charge in [0.1, 0.15) is 10.7 Å². The molecule has 28 heavy (non-hydrogen) atoms. The first kappa shape index (κ1) is 18.5. The first-order chi connectivity index (χ1) is 13.4. The van der Waals surface area contributed by atoms with Crippen molar-refractivity contribution < 1.29 is 19.4 Å². The molecule has 0 atom stereocenters. The first-order valence-electron chi connectivity index (χ1n) is 7.83. The average molecular weight is 380 g/mol. The van der Waals surface area contributed by atoms with Crippen molar-refractivity contribution in [3.05, 3.63) is 86.1 Å². The Balaban J connectivity index is 1.87. The first-order valence-corrected chi connectivity index (χ1v) is 7.83. The number of phenols is 1. The zero-order valence-electron chi connectivity index (χ0n) is 14.1. The highest BCUT2D eigenvalue weighted by atomic mass is 16.6. The zero-order chi connectivity index (χ0) is 20.1. The SMILES string of the molecule is O=[N+]([O-])c1ccc(O)c(C=Nc2ccccc2N=Cc2ccc([N+](=O)[O-])o2)c1. The maximum absolute atomic E-state index is 10.9. The predicted octanol–water partition coefficient (Wildman–Crippen LogP) is 4.30. The van der Waals surface area contributed by atoms with Gasteiger partial charge in [0.25, 0.3) is 5.69 Å². The van der Waals surface area contributed by atoms with Gasteiger partial charge in [0.2, 0.25) is 0 Å². The minimum Gasteiger partial charge on any atom is -0.507 e. The highest BCUT2D eigenvalue weighted by Gasteiger charge is 2.11. The van der Waals surface area contributed by atoms with Crippen LogP contribution in [0.5, 0.6) is 5.75 Å². The number of rotatable bonds is 6. The van der Waals surface area contributed by atoms with E-state index in [1.807, 2.05) is 0 Å². The summed E-state index contributed by atoms with van der Waals surface area (Å²) in [6, 6.07) is 13.0. The Kier molecular flexibility index (Phi) is 5.21. The maximum Gasteiger partial charge on any atom is 0.433 e. The van der Waals surface area contributed by atoms with Crippen molar-refractivity contribution in [2.24, 2.45) is 9.98 Å². The van der Waals surface area contributed by atoms with Gasteiger partial charge in [-0.3, -0.25) is 30.2 Å². The molecule has 0 unspecified atom stereocenters. The minimum absolute atomic E-state index is 0.154. The van der Waals surface area contributed by atoms with E-state index >= 15 is 0 Å². The van der Waals surface area contributed by atoms with E-state index in [0.29, 0.717) is 11.4 Å². The van der Waals surface area contributed by atoms with Crippen LogP contribution in [0.2, 0.25) is 0 Å². The van der Waals surface area contributed by atoms with Crippen LogP contribution in [0.25, 0.3) is 0 Å². The average Bonchev–Trinajstić information content (AvgIpc) is 3.15. The largest absolute Gasteiger partial charge is 0.507 e. The number of nitro groups is 2. The highest BCUT2D eigenvalue weighted by molar-refractivity contribution is 5.88. The summed E-state index contributed by atoms with van der Waals surface area (Å²) < 4.78 is 5.00. The number of benzene rings is 2. The molecular weight excluding hydrogens is 368 g/mol. The molecule has 0 aliphatic carbocycles. The Morgan fingerprint density at radius 3 is 2.18 bits per heavy atom. The fourth-order valence-corrected chi connectivity index (χ4v) is 2.22. The molecule has 3 rings (SSSR count). The molecular formula is C18H12N4O6. The quantitative estimate of drug-likeness (QED) is 0.383. The molecule has 1 aromatic heterocycles. The Hall–Kier alpha value is -4.34. The lowest BCUT2D eigenvalue weighted by Crippen LogP contribution is -1.90. The normalized spacial score (nSPS) is 11.3. The van der Waals surface area contributed by atoms with Crippen LogP contribution in [0.15, 0.2) is 69.0 Å². The molecule has 2 aromatic carbocycles. The standard InChI is InChI=1S/C18H12N4O6/c23-17-7-5-13(21(24)25)9-12(17)10-19-15-3-1-2-4-16(15)20-11-14-6-8-18(28-14)22(26)27/h1-11,23H. The molecule has 0 aliphatic rings. The Morgan fingerprint density at radius 1 is 0.893 bits per heavy atom. The molecule has 10 heteroatoms. The Morgan fingerprint density at radius 2 is 1.57 bits per heavy atom. The van der Waals surface area contributed by atoms with E-state index in [0.717, 1.165) is 0 Å². The minimum atomic E-state index is -0.652. The number of aliphatic imine (C=N–C) groups is 2. The molecule has 1 N–H and O–H groups in total. The molecule has 0 aliphatic heterocycles. The van der Waals surface area contributed by atoms with E-state index in [9.17, 15) is 25.3 Å². The zero-order valence-corrected chi connectivity index (χ0v) is 14.1. The van der Waals surface area contributed by atoms with E-state index in [4.69, 9.17) is 4.42 Å². The van der Waals surface area contributed by atoms with E-state index in [1.165, 1.54) is 42.8 Å². The number of furan rings is 1. The van der Waals surface area contributed by atoms with Gasteiger partial charge in [-0.05, 0) is 24.3 Å². The molecule has 0 saturated heterocycles. The third kappa shape index (κ3) is 4.25. The second-order valence-electron chi connectivity index (χ2n) is 5.44. The highest BCUT2D eigenvalue weighted by Crippen LogP contribution is 2.28. The Labute approximate surface area is 157 Å². The van der Waals surface area contributed by atoms with Crippen LogP contribution in [0.3, 0.4) is 0 Å². The van der Waals surface area contributed by atoms with Gasteiger partial charge in [-0.1, -0.05) is 12.1 Å². The molecule has 140 valence electrons. The molecule has 10 nitrogen and oxygen atoms in total. The number of nitrogens with zero attached hydrogens (tertiary/aromatic N) is 4. The van der Waals surface area contributed by atoms with Crippen LogP contribution in [-0.2, 0) is 0 Å². The van der Waals surface area contributed by atoms with E-state index in [2.05, 4.69) is 9.98 Å². The van der Waals surface area contributed by atoms with Crippen molar-refractivity contribution in [3.8, 4) is 5.75 Å².